The lowest BCUT2D eigenvalue weighted by molar-refractivity contribution is -0.116. The highest BCUT2D eigenvalue weighted by Gasteiger charge is 2.19. The van der Waals surface area contributed by atoms with Gasteiger partial charge in [0.2, 0.25) is 5.91 Å². The lowest BCUT2D eigenvalue weighted by atomic mass is 9.93. The topological polar surface area (TPSA) is 67.4 Å². The normalized spacial score (nSPS) is 15.7. The van der Waals surface area contributed by atoms with Crippen LogP contribution in [0.2, 0.25) is 0 Å². The first kappa shape index (κ1) is 16.0. The van der Waals surface area contributed by atoms with E-state index in [4.69, 9.17) is 4.74 Å². The third-order valence-corrected chi connectivity index (χ3v) is 4.93. The van der Waals surface area contributed by atoms with Crippen molar-refractivity contribution >= 4 is 28.9 Å². The smallest absolute Gasteiger partial charge is 0.350 e. The third kappa shape index (κ3) is 4.28. The van der Waals surface area contributed by atoms with Gasteiger partial charge in [0.25, 0.3) is 0 Å². The minimum absolute atomic E-state index is 0.0276. The van der Waals surface area contributed by atoms with Crippen molar-refractivity contribution in [1.82, 2.24) is 5.32 Å². The van der Waals surface area contributed by atoms with E-state index in [0.717, 1.165) is 37.9 Å². The first-order valence-corrected chi connectivity index (χ1v) is 8.16. The van der Waals surface area contributed by atoms with Crippen LogP contribution in [0.4, 0.5) is 5.69 Å². The molecule has 0 atom stereocenters. The molecule has 1 aromatic heterocycles. The first-order valence-electron chi connectivity index (χ1n) is 7.28. The van der Waals surface area contributed by atoms with Crippen LogP contribution in [0, 0.1) is 12.8 Å². The summed E-state index contributed by atoms with van der Waals surface area (Å²) in [5.74, 6) is 0.197. The fraction of sp³-hybridized carbons (Fsp3) is 0.600. The molecule has 2 heterocycles. The van der Waals surface area contributed by atoms with Gasteiger partial charge in [-0.3, -0.25) is 4.79 Å². The third-order valence-electron chi connectivity index (χ3n) is 3.85. The number of hydrogen-bond acceptors (Lipinski definition) is 5. The Kier molecular flexibility index (Phi) is 5.76. The van der Waals surface area contributed by atoms with Crippen LogP contribution in [0.15, 0.2) is 5.38 Å². The Labute approximate surface area is 129 Å². The fourth-order valence-corrected chi connectivity index (χ4v) is 3.47. The van der Waals surface area contributed by atoms with Crippen LogP contribution in [0.5, 0.6) is 0 Å². The molecule has 1 aliphatic heterocycles. The van der Waals surface area contributed by atoms with E-state index in [1.807, 2.05) is 12.3 Å². The summed E-state index contributed by atoms with van der Waals surface area (Å²) in [6.45, 7) is 3.97. The molecule has 21 heavy (non-hydrogen) atoms. The number of hydrogen-bond donors (Lipinski definition) is 2. The van der Waals surface area contributed by atoms with Gasteiger partial charge in [-0.05, 0) is 56.1 Å². The number of thiophene rings is 1. The van der Waals surface area contributed by atoms with Crippen LogP contribution >= 0.6 is 11.3 Å². The van der Waals surface area contributed by atoms with E-state index >= 15 is 0 Å². The summed E-state index contributed by atoms with van der Waals surface area (Å²) < 4.78 is 4.74. The summed E-state index contributed by atoms with van der Waals surface area (Å²) in [7, 11) is 1.35. The molecule has 0 spiro atoms. The van der Waals surface area contributed by atoms with Crippen molar-refractivity contribution in [2.45, 2.75) is 32.6 Å². The maximum absolute atomic E-state index is 12.1. The number of piperidine rings is 1. The van der Waals surface area contributed by atoms with Crippen molar-refractivity contribution in [2.24, 2.45) is 5.92 Å². The molecular formula is C15H22N2O3S. The Hall–Kier alpha value is -1.40. The highest BCUT2D eigenvalue weighted by molar-refractivity contribution is 7.12. The predicted octanol–water partition coefficient (Wildman–Crippen LogP) is 2.56. The lowest BCUT2D eigenvalue weighted by Gasteiger charge is -2.22. The van der Waals surface area contributed by atoms with E-state index in [1.54, 1.807) is 0 Å². The highest BCUT2D eigenvalue weighted by Crippen LogP contribution is 2.28. The molecule has 0 aromatic carbocycles. The van der Waals surface area contributed by atoms with E-state index in [2.05, 4.69) is 10.6 Å². The SMILES string of the molecule is COC(=O)c1scc(C)c1NC(=O)CCC1CCNCC1. The first-order chi connectivity index (χ1) is 10.1. The molecule has 1 amide bonds. The molecule has 5 nitrogen and oxygen atoms in total. The van der Waals surface area contributed by atoms with Gasteiger partial charge in [0.05, 0.1) is 12.8 Å². The molecular weight excluding hydrogens is 288 g/mol. The summed E-state index contributed by atoms with van der Waals surface area (Å²) in [5, 5.41) is 8.05. The molecule has 1 fully saturated rings. The summed E-state index contributed by atoms with van der Waals surface area (Å²) in [6.07, 6.45) is 3.68. The molecule has 1 aliphatic rings. The molecule has 2 N–H and O–H groups in total. The zero-order valence-electron chi connectivity index (χ0n) is 12.5. The van der Waals surface area contributed by atoms with Crippen molar-refractivity contribution < 1.29 is 14.3 Å². The zero-order valence-corrected chi connectivity index (χ0v) is 13.3. The van der Waals surface area contributed by atoms with Crippen LogP contribution in [-0.2, 0) is 9.53 Å². The van der Waals surface area contributed by atoms with Crippen molar-refractivity contribution in [1.29, 1.82) is 0 Å². The summed E-state index contributed by atoms with van der Waals surface area (Å²) in [6, 6.07) is 0. The Bertz CT molecular complexity index is 507. The molecule has 0 bridgehead atoms. The quantitative estimate of drug-likeness (QED) is 0.820. The van der Waals surface area contributed by atoms with Gasteiger partial charge in [-0.25, -0.2) is 4.79 Å². The van der Waals surface area contributed by atoms with E-state index in [0.29, 0.717) is 22.9 Å². The minimum atomic E-state index is -0.401. The van der Waals surface area contributed by atoms with Crippen molar-refractivity contribution in [3.05, 3.63) is 15.8 Å². The number of carbonyl (C=O) groups is 2. The number of esters is 1. The zero-order chi connectivity index (χ0) is 15.2. The maximum Gasteiger partial charge on any atom is 0.350 e. The number of carbonyl (C=O) groups excluding carboxylic acids is 2. The van der Waals surface area contributed by atoms with Gasteiger partial charge in [-0.1, -0.05) is 0 Å². The second-order valence-corrected chi connectivity index (χ2v) is 6.27. The number of methoxy groups -OCH3 is 1. The Morgan fingerprint density at radius 3 is 2.81 bits per heavy atom. The maximum atomic E-state index is 12.1. The molecule has 1 saturated heterocycles. The van der Waals surface area contributed by atoms with Crippen LogP contribution < -0.4 is 10.6 Å². The van der Waals surface area contributed by atoms with Gasteiger partial charge in [-0.2, -0.15) is 0 Å². The molecule has 0 saturated carbocycles. The summed E-state index contributed by atoms with van der Waals surface area (Å²) in [4.78, 5) is 24.2. The Balaban J connectivity index is 1.90. The molecule has 0 unspecified atom stereocenters. The average molecular weight is 310 g/mol. The van der Waals surface area contributed by atoms with Gasteiger partial charge < -0.3 is 15.4 Å². The Morgan fingerprint density at radius 2 is 2.14 bits per heavy atom. The molecule has 6 heteroatoms. The second-order valence-electron chi connectivity index (χ2n) is 5.39. The van der Waals surface area contributed by atoms with E-state index in [1.165, 1.54) is 18.4 Å². The number of rotatable bonds is 5. The van der Waals surface area contributed by atoms with Gasteiger partial charge in [-0.15, -0.1) is 11.3 Å². The van der Waals surface area contributed by atoms with E-state index < -0.39 is 5.97 Å². The molecule has 116 valence electrons. The number of nitrogens with one attached hydrogen (secondary N) is 2. The van der Waals surface area contributed by atoms with Crippen molar-refractivity contribution in [2.75, 3.05) is 25.5 Å². The van der Waals surface area contributed by atoms with Crippen molar-refractivity contribution in [3.8, 4) is 0 Å². The number of amides is 1. The number of anilines is 1. The largest absolute Gasteiger partial charge is 0.465 e. The Morgan fingerprint density at radius 1 is 1.43 bits per heavy atom. The molecule has 1 aromatic rings. The van der Waals surface area contributed by atoms with Crippen LogP contribution in [0.1, 0.15) is 40.9 Å². The number of aryl methyl sites for hydroxylation is 1. The molecule has 2 rings (SSSR count). The second kappa shape index (κ2) is 7.56. The van der Waals surface area contributed by atoms with Gasteiger partial charge in [0.15, 0.2) is 0 Å². The van der Waals surface area contributed by atoms with Crippen molar-refractivity contribution in [3.63, 3.8) is 0 Å². The predicted molar refractivity (Wildman–Crippen MR) is 83.9 cm³/mol. The standard InChI is InChI=1S/C15H22N2O3S/c1-10-9-21-14(15(19)20-2)13(10)17-12(18)4-3-11-5-7-16-8-6-11/h9,11,16H,3-8H2,1-2H3,(H,17,18). The average Bonchev–Trinajstić information content (AvgIpc) is 2.86. The summed E-state index contributed by atoms with van der Waals surface area (Å²) in [5.41, 5.74) is 1.50. The van der Waals surface area contributed by atoms with Crippen LogP contribution in [0.25, 0.3) is 0 Å². The fourth-order valence-electron chi connectivity index (χ4n) is 2.55. The van der Waals surface area contributed by atoms with Gasteiger partial charge in [0.1, 0.15) is 4.88 Å². The van der Waals surface area contributed by atoms with Crippen LogP contribution in [0.3, 0.4) is 0 Å². The minimum Gasteiger partial charge on any atom is -0.465 e. The molecule has 0 radical (unpaired) electrons. The van der Waals surface area contributed by atoms with E-state index in [9.17, 15) is 9.59 Å². The van der Waals surface area contributed by atoms with Gasteiger partial charge >= 0.3 is 5.97 Å². The monoisotopic (exact) mass is 310 g/mol. The van der Waals surface area contributed by atoms with Crippen LogP contribution in [-0.4, -0.2) is 32.1 Å². The number of ether oxygens (including phenoxy) is 1. The molecule has 0 aliphatic carbocycles. The highest BCUT2D eigenvalue weighted by atomic mass is 32.1. The van der Waals surface area contributed by atoms with E-state index in [-0.39, 0.29) is 5.91 Å². The summed E-state index contributed by atoms with van der Waals surface area (Å²) >= 11 is 1.30. The van der Waals surface area contributed by atoms with Gasteiger partial charge in [0, 0.05) is 6.42 Å². The lowest BCUT2D eigenvalue weighted by Crippen LogP contribution is -2.28.